The van der Waals surface area contributed by atoms with Crippen molar-refractivity contribution in [2.24, 2.45) is 0 Å². The van der Waals surface area contributed by atoms with E-state index in [1.807, 2.05) is 0 Å². The molecule has 2 N–H and O–H groups in total. The first kappa shape index (κ1) is 26.2. The summed E-state index contributed by atoms with van der Waals surface area (Å²) in [4.78, 5) is 16.2. The third-order valence-electron chi connectivity index (χ3n) is 4.76. The highest BCUT2D eigenvalue weighted by Crippen LogP contribution is 2.43. The highest BCUT2D eigenvalue weighted by Gasteiger charge is 2.60. The summed E-state index contributed by atoms with van der Waals surface area (Å²) in [6.07, 6.45) is -5.90. The largest absolute Gasteiger partial charge is 0.459 e. The summed E-state index contributed by atoms with van der Waals surface area (Å²) in [5, 5.41) is 13.1. The van der Waals surface area contributed by atoms with Gasteiger partial charge in [-0.25, -0.2) is 17.9 Å². The van der Waals surface area contributed by atoms with Gasteiger partial charge in [-0.15, -0.1) is 10.2 Å². The zero-order valence-electron chi connectivity index (χ0n) is 18.3. The normalized spacial score (nSPS) is 12.5. The van der Waals surface area contributed by atoms with Crippen LogP contribution in [0.1, 0.15) is 21.9 Å². The van der Waals surface area contributed by atoms with Gasteiger partial charge in [-0.2, -0.15) is 27.1 Å². The molecule has 0 fully saturated rings. The lowest BCUT2D eigenvalue weighted by Crippen LogP contribution is -2.36. The van der Waals surface area contributed by atoms with Crippen LogP contribution in [0.15, 0.2) is 53.4 Å². The second-order valence-corrected chi connectivity index (χ2v) is 9.55. The number of hydrogen-bond donors (Lipinski definition) is 2. The molecule has 0 saturated carbocycles. The van der Waals surface area contributed by atoms with Crippen molar-refractivity contribution in [2.75, 3.05) is 10.0 Å². The number of nitrogens with zero attached hydrogens (tertiary/aromatic N) is 5. The number of amides is 1. The number of carbonyl (C=O) groups excluding carboxylic acids is 1. The molecule has 4 aromatic rings. The van der Waals surface area contributed by atoms with E-state index in [0.717, 1.165) is 18.2 Å². The Labute approximate surface area is 209 Å². The van der Waals surface area contributed by atoms with Gasteiger partial charge in [-0.05, 0) is 49.4 Å². The van der Waals surface area contributed by atoms with Crippen LogP contribution in [0.4, 0.5) is 33.5 Å². The van der Waals surface area contributed by atoms with E-state index in [1.54, 1.807) is 0 Å². The Morgan fingerprint density at radius 2 is 1.68 bits per heavy atom. The first-order chi connectivity index (χ1) is 17.2. The number of fused-ring (bicyclic) bond motifs is 1. The Kier molecular flexibility index (Phi) is 6.49. The molecule has 17 heteroatoms. The van der Waals surface area contributed by atoms with Crippen LogP contribution < -0.4 is 10.0 Å². The van der Waals surface area contributed by atoms with Gasteiger partial charge in [-0.3, -0.25) is 9.52 Å². The molecule has 0 saturated heterocycles. The molecule has 1 aromatic carbocycles. The lowest BCUT2D eigenvalue weighted by Gasteiger charge is -2.20. The van der Waals surface area contributed by atoms with Crippen LogP contribution in [0.25, 0.3) is 5.65 Å². The van der Waals surface area contributed by atoms with Gasteiger partial charge < -0.3 is 5.32 Å². The molecule has 0 aliphatic rings. The fourth-order valence-electron chi connectivity index (χ4n) is 3.06. The van der Waals surface area contributed by atoms with Crippen molar-refractivity contribution in [3.63, 3.8) is 0 Å². The van der Waals surface area contributed by atoms with Gasteiger partial charge in [0.15, 0.2) is 22.3 Å². The van der Waals surface area contributed by atoms with Crippen molar-refractivity contribution in [1.29, 1.82) is 0 Å². The summed E-state index contributed by atoms with van der Waals surface area (Å²) in [5.74, 6) is -6.31. The van der Waals surface area contributed by atoms with Crippen molar-refractivity contribution in [3.05, 3.63) is 70.8 Å². The van der Waals surface area contributed by atoms with Gasteiger partial charge in [0, 0.05) is 17.4 Å². The predicted molar refractivity (Wildman–Crippen MR) is 120 cm³/mol. The van der Waals surface area contributed by atoms with E-state index in [0.29, 0.717) is 6.07 Å². The zero-order chi connectivity index (χ0) is 27.2. The van der Waals surface area contributed by atoms with E-state index in [1.165, 1.54) is 31.2 Å². The summed E-state index contributed by atoms with van der Waals surface area (Å²) >= 11 is 5.61. The van der Waals surface area contributed by atoms with E-state index >= 15 is 0 Å². The molecule has 0 aliphatic carbocycles. The number of carbonyl (C=O) groups is 1. The number of benzene rings is 1. The Morgan fingerprint density at radius 3 is 2.27 bits per heavy atom. The van der Waals surface area contributed by atoms with Gasteiger partial charge in [-0.1, -0.05) is 11.6 Å². The average molecular weight is 562 g/mol. The number of aryl methyl sites for hydroxylation is 1. The summed E-state index contributed by atoms with van der Waals surface area (Å²) in [6.45, 7) is 1.21. The molecule has 1 amide bonds. The van der Waals surface area contributed by atoms with Gasteiger partial charge >= 0.3 is 12.1 Å². The molecule has 194 valence electrons. The molecule has 0 unspecified atom stereocenters. The molecule has 3 heterocycles. The van der Waals surface area contributed by atoms with Gasteiger partial charge in [0.05, 0.1) is 4.90 Å². The molecule has 0 radical (unpaired) electrons. The third-order valence-corrected chi connectivity index (χ3v) is 6.33. The number of sulfonamides is 1. The van der Waals surface area contributed by atoms with E-state index in [-0.39, 0.29) is 31.8 Å². The number of hydrogen-bond acceptors (Lipinski definition) is 7. The van der Waals surface area contributed by atoms with Crippen LogP contribution in [0.3, 0.4) is 0 Å². The SMILES string of the molecule is Cc1cc(C(F)(F)C(F)(F)F)n2nc(C(=O)Nc3ccc(S(=O)(=O)Nc4ccc(Cl)nn4)cc3)cc2n1. The highest BCUT2D eigenvalue weighted by atomic mass is 35.5. The number of nitrogens with one attached hydrogen (secondary N) is 2. The zero-order valence-corrected chi connectivity index (χ0v) is 19.8. The van der Waals surface area contributed by atoms with E-state index in [9.17, 15) is 35.2 Å². The molecule has 37 heavy (non-hydrogen) atoms. The molecular weight excluding hydrogens is 549 g/mol. The lowest BCUT2D eigenvalue weighted by atomic mass is 10.2. The summed E-state index contributed by atoms with van der Waals surface area (Å²) in [6, 6.07) is 8.84. The van der Waals surface area contributed by atoms with Crippen LogP contribution in [-0.2, 0) is 15.9 Å². The van der Waals surface area contributed by atoms with Crippen molar-refractivity contribution in [3.8, 4) is 0 Å². The first-order valence-corrected chi connectivity index (χ1v) is 11.8. The first-order valence-electron chi connectivity index (χ1n) is 9.93. The van der Waals surface area contributed by atoms with Gasteiger partial charge in [0.1, 0.15) is 5.69 Å². The minimum Gasteiger partial charge on any atom is -0.321 e. The highest BCUT2D eigenvalue weighted by molar-refractivity contribution is 7.92. The number of halogens is 6. The smallest absolute Gasteiger partial charge is 0.321 e. The minimum absolute atomic E-state index is 0.0601. The number of anilines is 2. The Bertz CT molecular complexity index is 1590. The van der Waals surface area contributed by atoms with Crippen LogP contribution in [0.5, 0.6) is 0 Å². The molecule has 4 rings (SSSR count). The number of aromatic nitrogens is 5. The standard InChI is InChI=1S/C20H13ClF5N7O3S/c1-10-8-14(19(22,23)20(24,25)26)33-17(27-10)9-13(31-33)18(34)28-11-2-4-12(5-3-11)37(35,36)32-16-7-6-15(21)29-30-16/h2-9H,1H3,(H,28,34)(H,30,32). The van der Waals surface area contributed by atoms with Crippen molar-refractivity contribution >= 4 is 44.7 Å². The number of alkyl halides is 5. The maximum absolute atomic E-state index is 14.0. The minimum atomic E-state index is -5.90. The Balaban J connectivity index is 1.56. The lowest BCUT2D eigenvalue weighted by molar-refractivity contribution is -0.291. The molecule has 0 bridgehead atoms. The molecule has 0 spiro atoms. The maximum atomic E-state index is 14.0. The van der Waals surface area contributed by atoms with Crippen LogP contribution in [-0.4, -0.2) is 45.3 Å². The second kappa shape index (κ2) is 9.19. The molecule has 0 aliphatic heterocycles. The maximum Gasteiger partial charge on any atom is 0.459 e. The van der Waals surface area contributed by atoms with Gasteiger partial charge in [0.2, 0.25) is 0 Å². The van der Waals surface area contributed by atoms with Crippen LogP contribution >= 0.6 is 11.6 Å². The predicted octanol–water partition coefficient (Wildman–Crippen LogP) is 4.19. The molecule has 0 atom stereocenters. The molecule has 10 nitrogen and oxygen atoms in total. The topological polar surface area (TPSA) is 131 Å². The second-order valence-electron chi connectivity index (χ2n) is 7.48. The summed E-state index contributed by atoms with van der Waals surface area (Å²) in [5.41, 5.74) is -2.47. The van der Waals surface area contributed by atoms with E-state index in [2.05, 4.69) is 30.3 Å². The quantitative estimate of drug-likeness (QED) is 0.337. The fraction of sp³-hybridized carbons (Fsp3) is 0.150. The fourth-order valence-corrected chi connectivity index (χ4v) is 4.16. The molecule has 3 aromatic heterocycles. The Morgan fingerprint density at radius 1 is 1.00 bits per heavy atom. The monoisotopic (exact) mass is 561 g/mol. The summed E-state index contributed by atoms with van der Waals surface area (Å²) in [7, 11) is -4.07. The van der Waals surface area contributed by atoms with Crippen molar-refractivity contribution < 1.29 is 35.2 Å². The van der Waals surface area contributed by atoms with Gasteiger partial charge in [0.25, 0.3) is 15.9 Å². The third kappa shape index (κ3) is 5.29. The Hall–Kier alpha value is -3.92. The number of rotatable bonds is 6. The summed E-state index contributed by atoms with van der Waals surface area (Å²) < 4.78 is 94.3. The van der Waals surface area contributed by atoms with E-state index in [4.69, 9.17) is 11.6 Å². The van der Waals surface area contributed by atoms with Crippen LogP contribution in [0.2, 0.25) is 5.15 Å². The molecular formula is C20H13ClF5N7O3S. The average Bonchev–Trinajstić information content (AvgIpc) is 3.23. The van der Waals surface area contributed by atoms with Crippen molar-refractivity contribution in [2.45, 2.75) is 23.9 Å². The van der Waals surface area contributed by atoms with Crippen molar-refractivity contribution in [1.82, 2.24) is 24.8 Å². The van der Waals surface area contributed by atoms with Crippen LogP contribution in [0, 0.1) is 6.92 Å². The van der Waals surface area contributed by atoms with E-state index < -0.39 is 45.1 Å².